The van der Waals surface area contributed by atoms with Gasteiger partial charge in [-0.3, -0.25) is 4.98 Å². The van der Waals surface area contributed by atoms with E-state index in [1.54, 1.807) is 12.4 Å². The molecule has 2 aromatic heterocycles. The Bertz CT molecular complexity index is 423. The predicted molar refractivity (Wildman–Crippen MR) is 63.0 cm³/mol. The van der Waals surface area contributed by atoms with Crippen LogP contribution >= 0.6 is 0 Å². The molecule has 0 saturated carbocycles. The molecule has 16 heavy (non-hydrogen) atoms. The summed E-state index contributed by atoms with van der Waals surface area (Å²) in [5.74, 6) is 0.965. The van der Waals surface area contributed by atoms with Crippen molar-refractivity contribution in [2.24, 2.45) is 0 Å². The van der Waals surface area contributed by atoms with Crippen molar-refractivity contribution in [2.45, 2.75) is 32.6 Å². The molecule has 0 aliphatic heterocycles. The second-order valence-electron chi connectivity index (χ2n) is 3.88. The van der Waals surface area contributed by atoms with Crippen molar-refractivity contribution in [3.8, 4) is 11.3 Å². The van der Waals surface area contributed by atoms with Crippen LogP contribution in [0.3, 0.4) is 0 Å². The highest BCUT2D eigenvalue weighted by atomic mass is 16.5. The third-order valence-electron chi connectivity index (χ3n) is 2.54. The lowest BCUT2D eigenvalue weighted by molar-refractivity contribution is 0.381. The summed E-state index contributed by atoms with van der Waals surface area (Å²) in [6.07, 6.45) is 8.16. The van der Waals surface area contributed by atoms with Crippen LogP contribution in [-0.4, -0.2) is 10.1 Å². The molecule has 0 saturated heterocycles. The first-order chi connectivity index (χ1) is 7.90. The van der Waals surface area contributed by atoms with E-state index in [0.717, 1.165) is 29.9 Å². The summed E-state index contributed by atoms with van der Waals surface area (Å²) in [4.78, 5) is 4.06. The predicted octanol–water partition coefficient (Wildman–Crippen LogP) is 3.47. The van der Waals surface area contributed by atoms with Gasteiger partial charge in [-0.1, -0.05) is 24.9 Å². The molecule has 0 radical (unpaired) electrons. The van der Waals surface area contributed by atoms with Crippen LogP contribution in [0.5, 0.6) is 0 Å². The van der Waals surface area contributed by atoms with E-state index in [1.165, 1.54) is 12.8 Å². The third kappa shape index (κ3) is 2.69. The average molecular weight is 216 g/mol. The molecule has 2 aromatic rings. The van der Waals surface area contributed by atoms with Crippen LogP contribution in [0.2, 0.25) is 0 Å². The Labute approximate surface area is 95.5 Å². The number of hydrogen-bond donors (Lipinski definition) is 0. The first-order valence-electron chi connectivity index (χ1n) is 5.76. The van der Waals surface area contributed by atoms with Crippen molar-refractivity contribution >= 4 is 0 Å². The maximum atomic E-state index is 5.29. The Balaban J connectivity index is 2.02. The molecule has 0 aromatic carbocycles. The lowest BCUT2D eigenvalue weighted by Gasteiger charge is -1.92. The molecule has 0 aliphatic carbocycles. The SMILES string of the molecule is CCCCCc1cc(-c2cccnc2)no1. The number of unbranched alkanes of at least 4 members (excludes halogenated alkanes) is 2. The van der Waals surface area contributed by atoms with Gasteiger partial charge >= 0.3 is 0 Å². The molecule has 3 nitrogen and oxygen atoms in total. The largest absolute Gasteiger partial charge is 0.361 e. The van der Waals surface area contributed by atoms with Crippen molar-refractivity contribution in [1.29, 1.82) is 0 Å². The zero-order valence-electron chi connectivity index (χ0n) is 9.52. The van der Waals surface area contributed by atoms with Crippen LogP contribution in [-0.2, 0) is 6.42 Å². The molecule has 0 fully saturated rings. The van der Waals surface area contributed by atoms with E-state index in [9.17, 15) is 0 Å². The van der Waals surface area contributed by atoms with Crippen molar-refractivity contribution in [3.05, 3.63) is 36.4 Å². The summed E-state index contributed by atoms with van der Waals surface area (Å²) in [6, 6.07) is 5.90. The van der Waals surface area contributed by atoms with Crippen LogP contribution in [0.1, 0.15) is 31.9 Å². The molecule has 0 amide bonds. The highest BCUT2D eigenvalue weighted by Crippen LogP contribution is 2.18. The highest BCUT2D eigenvalue weighted by Gasteiger charge is 2.05. The molecule has 2 rings (SSSR count). The summed E-state index contributed by atoms with van der Waals surface area (Å²) in [5.41, 5.74) is 1.88. The summed E-state index contributed by atoms with van der Waals surface area (Å²) < 4.78 is 5.29. The van der Waals surface area contributed by atoms with Gasteiger partial charge in [0.25, 0.3) is 0 Å². The number of hydrogen-bond acceptors (Lipinski definition) is 3. The lowest BCUT2D eigenvalue weighted by atomic mass is 10.1. The summed E-state index contributed by atoms with van der Waals surface area (Å²) in [5, 5.41) is 4.05. The summed E-state index contributed by atoms with van der Waals surface area (Å²) in [6.45, 7) is 2.20. The van der Waals surface area contributed by atoms with Crippen molar-refractivity contribution in [2.75, 3.05) is 0 Å². The third-order valence-corrected chi connectivity index (χ3v) is 2.54. The Kier molecular flexibility index (Phi) is 3.70. The standard InChI is InChI=1S/C13H16N2O/c1-2-3-4-7-12-9-13(15-16-12)11-6-5-8-14-10-11/h5-6,8-10H,2-4,7H2,1H3. The molecular formula is C13H16N2O. The van der Waals surface area contributed by atoms with Gasteiger partial charge in [0.1, 0.15) is 11.5 Å². The molecule has 0 N–H and O–H groups in total. The molecule has 0 spiro atoms. The van der Waals surface area contributed by atoms with E-state index < -0.39 is 0 Å². The van der Waals surface area contributed by atoms with Gasteiger partial charge in [-0.2, -0.15) is 0 Å². The van der Waals surface area contributed by atoms with Gasteiger partial charge in [0.2, 0.25) is 0 Å². The van der Waals surface area contributed by atoms with E-state index in [0.29, 0.717) is 0 Å². The maximum Gasteiger partial charge on any atom is 0.137 e. The Morgan fingerprint density at radius 2 is 2.25 bits per heavy atom. The second-order valence-corrected chi connectivity index (χ2v) is 3.88. The van der Waals surface area contributed by atoms with Crippen LogP contribution in [0, 0.1) is 0 Å². The number of aromatic nitrogens is 2. The Hall–Kier alpha value is -1.64. The normalized spacial score (nSPS) is 10.6. The van der Waals surface area contributed by atoms with Gasteiger partial charge in [0.15, 0.2) is 0 Å². The minimum Gasteiger partial charge on any atom is -0.361 e. The van der Waals surface area contributed by atoms with Crippen molar-refractivity contribution < 1.29 is 4.52 Å². The van der Waals surface area contributed by atoms with Crippen LogP contribution < -0.4 is 0 Å². The van der Waals surface area contributed by atoms with E-state index >= 15 is 0 Å². The molecule has 0 aliphatic rings. The second kappa shape index (κ2) is 5.45. The fraction of sp³-hybridized carbons (Fsp3) is 0.385. The van der Waals surface area contributed by atoms with Gasteiger partial charge in [-0.25, -0.2) is 0 Å². The Morgan fingerprint density at radius 3 is 3.00 bits per heavy atom. The average Bonchev–Trinajstić information content (AvgIpc) is 2.79. The highest BCUT2D eigenvalue weighted by molar-refractivity contribution is 5.57. The van der Waals surface area contributed by atoms with Gasteiger partial charge in [-0.15, -0.1) is 0 Å². The molecule has 0 atom stereocenters. The zero-order chi connectivity index (χ0) is 11.2. The fourth-order valence-electron chi connectivity index (χ4n) is 1.63. The summed E-state index contributed by atoms with van der Waals surface area (Å²) in [7, 11) is 0. The Morgan fingerprint density at radius 1 is 1.31 bits per heavy atom. The van der Waals surface area contributed by atoms with E-state index in [1.807, 2.05) is 18.2 Å². The maximum absolute atomic E-state index is 5.29. The van der Waals surface area contributed by atoms with Crippen molar-refractivity contribution in [3.63, 3.8) is 0 Å². The first kappa shape index (κ1) is 10.9. The van der Waals surface area contributed by atoms with E-state index in [4.69, 9.17) is 4.52 Å². The van der Waals surface area contributed by atoms with E-state index in [2.05, 4.69) is 17.1 Å². The molecule has 0 bridgehead atoms. The molecule has 84 valence electrons. The molecule has 0 unspecified atom stereocenters. The smallest absolute Gasteiger partial charge is 0.137 e. The number of aryl methyl sites for hydroxylation is 1. The van der Waals surface area contributed by atoms with Crippen LogP contribution in [0.15, 0.2) is 35.1 Å². The van der Waals surface area contributed by atoms with Gasteiger partial charge in [0, 0.05) is 30.4 Å². The number of rotatable bonds is 5. The van der Waals surface area contributed by atoms with Crippen LogP contribution in [0.25, 0.3) is 11.3 Å². The topological polar surface area (TPSA) is 38.9 Å². The number of nitrogens with zero attached hydrogens (tertiary/aromatic N) is 2. The quantitative estimate of drug-likeness (QED) is 0.718. The van der Waals surface area contributed by atoms with Gasteiger partial charge in [0.05, 0.1) is 0 Å². The minimum absolute atomic E-state index is 0.875. The monoisotopic (exact) mass is 216 g/mol. The molecular weight excluding hydrogens is 200 g/mol. The fourth-order valence-corrected chi connectivity index (χ4v) is 1.63. The van der Waals surface area contributed by atoms with Gasteiger partial charge < -0.3 is 4.52 Å². The van der Waals surface area contributed by atoms with Crippen molar-refractivity contribution in [1.82, 2.24) is 10.1 Å². The van der Waals surface area contributed by atoms with E-state index in [-0.39, 0.29) is 0 Å². The number of pyridine rings is 1. The minimum atomic E-state index is 0.875. The lowest BCUT2D eigenvalue weighted by Crippen LogP contribution is -1.81. The summed E-state index contributed by atoms with van der Waals surface area (Å²) >= 11 is 0. The van der Waals surface area contributed by atoms with Gasteiger partial charge in [-0.05, 0) is 18.6 Å². The molecule has 3 heteroatoms. The zero-order valence-corrected chi connectivity index (χ0v) is 9.52. The van der Waals surface area contributed by atoms with Crippen LogP contribution in [0.4, 0.5) is 0 Å². The first-order valence-corrected chi connectivity index (χ1v) is 5.76. The molecule has 2 heterocycles.